The van der Waals surface area contributed by atoms with E-state index < -0.39 is 0 Å². The standard InChI is InChI=1S/C24H25N5O3/c1-32-14-13-28-23(30)18-11-12-27(16-21(18)29(28)15-17-7-3-2-4-8-17)24(31)22-25-19-9-5-6-10-20(19)26-22/h2-10H,11-16H2,1H3,(H,25,26). The Hall–Kier alpha value is -3.65. The van der Waals surface area contributed by atoms with Gasteiger partial charge in [-0.15, -0.1) is 0 Å². The Balaban J connectivity index is 1.49. The van der Waals surface area contributed by atoms with Crippen LogP contribution >= 0.6 is 0 Å². The van der Waals surface area contributed by atoms with E-state index in [0.29, 0.717) is 45.0 Å². The predicted molar refractivity (Wildman–Crippen MR) is 121 cm³/mol. The first-order valence-corrected chi connectivity index (χ1v) is 10.7. The molecule has 1 aliphatic rings. The zero-order valence-corrected chi connectivity index (χ0v) is 18.0. The van der Waals surface area contributed by atoms with E-state index in [1.807, 2.05) is 59.3 Å². The second-order valence-electron chi connectivity index (χ2n) is 7.97. The Bertz CT molecular complexity index is 1290. The van der Waals surface area contributed by atoms with Crippen LogP contribution in [-0.4, -0.2) is 50.4 Å². The summed E-state index contributed by atoms with van der Waals surface area (Å²) in [5, 5.41) is 0. The number of H-pyrrole nitrogens is 1. The average molecular weight is 431 g/mol. The van der Waals surface area contributed by atoms with Crippen LogP contribution in [0.15, 0.2) is 59.4 Å². The highest BCUT2D eigenvalue weighted by atomic mass is 16.5. The van der Waals surface area contributed by atoms with E-state index in [9.17, 15) is 9.59 Å². The van der Waals surface area contributed by atoms with Gasteiger partial charge in [0.1, 0.15) is 0 Å². The molecule has 0 saturated heterocycles. The number of carbonyl (C=O) groups excluding carboxylic acids is 1. The lowest BCUT2D eigenvalue weighted by molar-refractivity contribution is 0.0718. The topological polar surface area (TPSA) is 85.2 Å². The maximum absolute atomic E-state index is 13.2. The summed E-state index contributed by atoms with van der Waals surface area (Å²) < 4.78 is 8.98. The second kappa shape index (κ2) is 8.47. The van der Waals surface area contributed by atoms with Crippen LogP contribution in [0.2, 0.25) is 0 Å². The van der Waals surface area contributed by atoms with Crippen molar-refractivity contribution >= 4 is 16.9 Å². The van der Waals surface area contributed by atoms with Crippen LogP contribution in [0, 0.1) is 0 Å². The van der Waals surface area contributed by atoms with Gasteiger partial charge in [0.05, 0.1) is 43.0 Å². The summed E-state index contributed by atoms with van der Waals surface area (Å²) in [4.78, 5) is 35.7. The van der Waals surface area contributed by atoms with Crippen LogP contribution in [0.25, 0.3) is 11.0 Å². The zero-order chi connectivity index (χ0) is 22.1. The molecule has 1 N–H and O–H groups in total. The van der Waals surface area contributed by atoms with Crippen molar-refractivity contribution in [1.29, 1.82) is 0 Å². The molecule has 0 spiro atoms. The number of imidazole rings is 1. The molecule has 0 radical (unpaired) electrons. The maximum atomic E-state index is 13.2. The summed E-state index contributed by atoms with van der Waals surface area (Å²) in [5.74, 6) is 0.167. The maximum Gasteiger partial charge on any atom is 0.290 e. The largest absolute Gasteiger partial charge is 0.383 e. The molecule has 32 heavy (non-hydrogen) atoms. The van der Waals surface area contributed by atoms with Crippen molar-refractivity contribution in [2.75, 3.05) is 20.3 Å². The van der Waals surface area contributed by atoms with Gasteiger partial charge in [-0.3, -0.25) is 14.3 Å². The summed E-state index contributed by atoms with van der Waals surface area (Å²) in [7, 11) is 1.63. The van der Waals surface area contributed by atoms with E-state index in [1.54, 1.807) is 16.7 Å². The molecule has 0 bridgehead atoms. The van der Waals surface area contributed by atoms with Crippen molar-refractivity contribution in [1.82, 2.24) is 24.2 Å². The number of fused-ring (bicyclic) bond motifs is 2. The lowest BCUT2D eigenvalue weighted by Gasteiger charge is -2.27. The number of nitrogens with zero attached hydrogens (tertiary/aromatic N) is 4. The fourth-order valence-corrected chi connectivity index (χ4v) is 4.34. The van der Waals surface area contributed by atoms with Crippen molar-refractivity contribution < 1.29 is 9.53 Å². The smallest absolute Gasteiger partial charge is 0.290 e. The Morgan fingerprint density at radius 3 is 2.66 bits per heavy atom. The molecule has 4 aromatic rings. The van der Waals surface area contributed by atoms with Gasteiger partial charge in [-0.25, -0.2) is 9.67 Å². The van der Waals surface area contributed by atoms with Crippen molar-refractivity contribution in [3.8, 4) is 0 Å². The molecule has 8 heteroatoms. The molecule has 0 fully saturated rings. The number of hydrogen-bond donors (Lipinski definition) is 1. The summed E-state index contributed by atoms with van der Waals surface area (Å²) in [6.07, 6.45) is 0.523. The molecule has 1 amide bonds. The number of ether oxygens (including phenoxy) is 1. The van der Waals surface area contributed by atoms with Crippen molar-refractivity contribution in [3.63, 3.8) is 0 Å². The van der Waals surface area contributed by atoms with Gasteiger partial charge < -0.3 is 14.6 Å². The highest BCUT2D eigenvalue weighted by molar-refractivity contribution is 5.94. The Labute approximate surface area is 185 Å². The molecule has 0 aliphatic carbocycles. The third kappa shape index (κ3) is 3.62. The van der Waals surface area contributed by atoms with Gasteiger partial charge in [0.15, 0.2) is 5.82 Å². The van der Waals surface area contributed by atoms with E-state index in [4.69, 9.17) is 4.74 Å². The van der Waals surface area contributed by atoms with Crippen LogP contribution in [-0.2, 0) is 30.8 Å². The number of aromatic nitrogens is 4. The van der Waals surface area contributed by atoms with E-state index in [0.717, 1.165) is 27.9 Å². The highest BCUT2D eigenvalue weighted by Crippen LogP contribution is 2.21. The summed E-state index contributed by atoms with van der Waals surface area (Å²) >= 11 is 0. The fourth-order valence-electron chi connectivity index (χ4n) is 4.34. The number of aromatic amines is 1. The molecule has 164 valence electrons. The number of benzene rings is 2. The number of amides is 1. The van der Waals surface area contributed by atoms with Gasteiger partial charge in [0.25, 0.3) is 11.5 Å². The first-order chi connectivity index (χ1) is 15.7. The molecule has 5 rings (SSSR count). The molecule has 3 heterocycles. The third-order valence-electron chi connectivity index (χ3n) is 5.98. The molecule has 2 aromatic heterocycles. The van der Waals surface area contributed by atoms with Gasteiger partial charge in [-0.05, 0) is 24.1 Å². The second-order valence-corrected chi connectivity index (χ2v) is 7.97. The summed E-state index contributed by atoms with van der Waals surface area (Å²) in [5.41, 5.74) is 4.36. The van der Waals surface area contributed by atoms with E-state index >= 15 is 0 Å². The molecule has 8 nitrogen and oxygen atoms in total. The Morgan fingerprint density at radius 1 is 1.09 bits per heavy atom. The quantitative estimate of drug-likeness (QED) is 0.508. The lowest BCUT2D eigenvalue weighted by Crippen LogP contribution is -2.38. The van der Waals surface area contributed by atoms with Gasteiger partial charge in [-0.1, -0.05) is 42.5 Å². The predicted octanol–water partition coefficient (Wildman–Crippen LogP) is 2.42. The van der Waals surface area contributed by atoms with Crippen LogP contribution < -0.4 is 5.56 Å². The lowest BCUT2D eigenvalue weighted by atomic mass is 10.1. The molecule has 1 aliphatic heterocycles. The molecular formula is C24H25N5O3. The van der Waals surface area contributed by atoms with Crippen LogP contribution in [0.5, 0.6) is 0 Å². The number of hydrogen-bond acceptors (Lipinski definition) is 4. The minimum absolute atomic E-state index is 0.00353. The van der Waals surface area contributed by atoms with Crippen LogP contribution in [0.3, 0.4) is 0 Å². The number of carbonyl (C=O) groups is 1. The SMILES string of the molecule is COCCn1c(=O)c2c(n1Cc1ccccc1)CN(C(=O)c1nc3ccccc3[nH]1)CC2. The van der Waals surface area contributed by atoms with Gasteiger partial charge >= 0.3 is 0 Å². The fraction of sp³-hybridized carbons (Fsp3) is 0.292. The van der Waals surface area contributed by atoms with Crippen molar-refractivity contribution in [2.45, 2.75) is 26.1 Å². The number of rotatable bonds is 6. The first kappa shape index (κ1) is 20.3. The molecule has 0 saturated carbocycles. The normalized spacial score (nSPS) is 13.5. The van der Waals surface area contributed by atoms with Gasteiger partial charge in [0, 0.05) is 19.2 Å². The number of methoxy groups -OCH3 is 1. The van der Waals surface area contributed by atoms with Gasteiger partial charge in [-0.2, -0.15) is 0 Å². The molecule has 2 aromatic carbocycles. The number of para-hydroxylation sites is 2. The monoisotopic (exact) mass is 431 g/mol. The van der Waals surface area contributed by atoms with Crippen LogP contribution in [0.4, 0.5) is 0 Å². The third-order valence-corrected chi connectivity index (χ3v) is 5.98. The zero-order valence-electron chi connectivity index (χ0n) is 18.0. The average Bonchev–Trinajstić information content (AvgIpc) is 3.37. The summed E-state index contributed by atoms with van der Waals surface area (Å²) in [6.45, 7) is 2.32. The molecule has 0 atom stereocenters. The minimum atomic E-state index is -0.157. The molecule has 0 unspecified atom stereocenters. The Morgan fingerprint density at radius 2 is 1.88 bits per heavy atom. The van der Waals surface area contributed by atoms with Crippen molar-refractivity contribution in [3.05, 3.63) is 87.6 Å². The van der Waals surface area contributed by atoms with Crippen LogP contribution in [0.1, 0.15) is 27.4 Å². The minimum Gasteiger partial charge on any atom is -0.383 e. The molecular weight excluding hydrogens is 406 g/mol. The van der Waals surface area contributed by atoms with Crippen molar-refractivity contribution in [2.24, 2.45) is 0 Å². The first-order valence-electron chi connectivity index (χ1n) is 10.7. The van der Waals surface area contributed by atoms with Gasteiger partial charge in [0.2, 0.25) is 0 Å². The van der Waals surface area contributed by atoms with E-state index in [-0.39, 0.29) is 11.5 Å². The Kier molecular flexibility index (Phi) is 5.36. The number of nitrogens with one attached hydrogen (secondary N) is 1. The summed E-state index contributed by atoms with van der Waals surface area (Å²) in [6, 6.07) is 17.6. The van der Waals surface area contributed by atoms with E-state index in [1.165, 1.54) is 0 Å². The highest BCUT2D eigenvalue weighted by Gasteiger charge is 2.30. The van der Waals surface area contributed by atoms with E-state index in [2.05, 4.69) is 9.97 Å².